The first-order valence-electron chi connectivity index (χ1n) is 7.45. The standard InChI is InChI=1S/C18H26O3/c1-6-14(17(19)20-5)12-13-21-16-10-8-15(9-11-16)18(3,4)7-2/h8-12H,6-7,13H2,1-5H3. The van der Waals surface area contributed by atoms with Gasteiger partial charge in [0, 0.05) is 5.57 Å². The molecular weight excluding hydrogens is 264 g/mol. The molecule has 0 aliphatic carbocycles. The minimum absolute atomic E-state index is 0.179. The number of benzene rings is 1. The molecule has 0 fully saturated rings. The molecule has 0 aliphatic rings. The second-order valence-corrected chi connectivity index (χ2v) is 5.65. The first-order valence-corrected chi connectivity index (χ1v) is 7.45. The van der Waals surface area contributed by atoms with Crippen LogP contribution < -0.4 is 4.74 Å². The van der Waals surface area contributed by atoms with Gasteiger partial charge in [0.1, 0.15) is 12.4 Å². The quantitative estimate of drug-likeness (QED) is 0.556. The van der Waals surface area contributed by atoms with Crippen molar-refractivity contribution in [2.75, 3.05) is 13.7 Å². The zero-order chi connectivity index (χ0) is 15.9. The average molecular weight is 290 g/mol. The highest BCUT2D eigenvalue weighted by Crippen LogP contribution is 2.28. The fraction of sp³-hybridized carbons (Fsp3) is 0.500. The van der Waals surface area contributed by atoms with E-state index in [0.29, 0.717) is 18.6 Å². The molecule has 0 amide bonds. The van der Waals surface area contributed by atoms with Gasteiger partial charge in [0.15, 0.2) is 0 Å². The van der Waals surface area contributed by atoms with E-state index in [4.69, 9.17) is 9.47 Å². The van der Waals surface area contributed by atoms with Crippen molar-refractivity contribution in [3.8, 4) is 5.75 Å². The monoisotopic (exact) mass is 290 g/mol. The Balaban J connectivity index is 2.65. The van der Waals surface area contributed by atoms with Gasteiger partial charge in [-0.25, -0.2) is 4.79 Å². The average Bonchev–Trinajstić information content (AvgIpc) is 2.51. The molecule has 116 valence electrons. The van der Waals surface area contributed by atoms with E-state index in [-0.39, 0.29) is 11.4 Å². The van der Waals surface area contributed by atoms with Crippen molar-refractivity contribution in [3.63, 3.8) is 0 Å². The third kappa shape index (κ3) is 4.92. The van der Waals surface area contributed by atoms with E-state index in [2.05, 4.69) is 32.9 Å². The molecule has 3 heteroatoms. The lowest BCUT2D eigenvalue weighted by molar-refractivity contribution is -0.136. The van der Waals surface area contributed by atoms with Crippen LogP contribution in [-0.2, 0) is 14.9 Å². The van der Waals surface area contributed by atoms with Gasteiger partial charge in [-0.3, -0.25) is 0 Å². The Hall–Kier alpha value is -1.77. The Morgan fingerprint density at radius 1 is 1.19 bits per heavy atom. The van der Waals surface area contributed by atoms with Gasteiger partial charge in [0.05, 0.1) is 7.11 Å². The van der Waals surface area contributed by atoms with Crippen molar-refractivity contribution in [2.45, 2.75) is 46.0 Å². The van der Waals surface area contributed by atoms with Crippen molar-refractivity contribution in [1.82, 2.24) is 0 Å². The maximum atomic E-state index is 11.4. The molecule has 0 atom stereocenters. The fourth-order valence-electron chi connectivity index (χ4n) is 1.95. The first-order chi connectivity index (χ1) is 9.94. The van der Waals surface area contributed by atoms with Crippen LogP contribution >= 0.6 is 0 Å². The molecule has 0 saturated heterocycles. The van der Waals surface area contributed by atoms with E-state index in [1.807, 2.05) is 19.1 Å². The molecule has 0 aromatic heterocycles. The zero-order valence-corrected chi connectivity index (χ0v) is 13.7. The smallest absolute Gasteiger partial charge is 0.333 e. The van der Waals surface area contributed by atoms with Gasteiger partial charge in [-0.1, -0.05) is 39.8 Å². The van der Waals surface area contributed by atoms with Gasteiger partial charge in [-0.15, -0.1) is 0 Å². The zero-order valence-electron chi connectivity index (χ0n) is 13.7. The van der Waals surface area contributed by atoms with Gasteiger partial charge in [0.2, 0.25) is 0 Å². The summed E-state index contributed by atoms with van der Waals surface area (Å²) in [6.45, 7) is 8.94. The van der Waals surface area contributed by atoms with Crippen LogP contribution in [0.2, 0.25) is 0 Å². The third-order valence-electron chi connectivity index (χ3n) is 3.93. The van der Waals surface area contributed by atoms with Gasteiger partial charge >= 0.3 is 5.97 Å². The summed E-state index contributed by atoms with van der Waals surface area (Å²) in [6, 6.07) is 8.15. The van der Waals surface area contributed by atoms with Crippen molar-refractivity contribution in [3.05, 3.63) is 41.5 Å². The van der Waals surface area contributed by atoms with Gasteiger partial charge < -0.3 is 9.47 Å². The number of ether oxygens (including phenoxy) is 2. The van der Waals surface area contributed by atoms with Crippen molar-refractivity contribution >= 4 is 5.97 Å². The lowest BCUT2D eigenvalue weighted by Crippen LogP contribution is -2.15. The summed E-state index contributed by atoms with van der Waals surface area (Å²) < 4.78 is 10.4. The summed E-state index contributed by atoms with van der Waals surface area (Å²) >= 11 is 0. The summed E-state index contributed by atoms with van der Waals surface area (Å²) in [6.07, 6.45) is 3.50. The lowest BCUT2D eigenvalue weighted by atomic mass is 9.82. The summed E-state index contributed by atoms with van der Waals surface area (Å²) in [4.78, 5) is 11.4. The van der Waals surface area contributed by atoms with Crippen molar-refractivity contribution < 1.29 is 14.3 Å². The summed E-state index contributed by atoms with van der Waals surface area (Å²) in [7, 11) is 1.39. The largest absolute Gasteiger partial charge is 0.490 e. The topological polar surface area (TPSA) is 35.5 Å². The maximum absolute atomic E-state index is 11.4. The SMILES string of the molecule is CCC(=CCOc1ccc(C(C)(C)CC)cc1)C(=O)OC. The Morgan fingerprint density at radius 3 is 2.29 bits per heavy atom. The normalized spacial score (nSPS) is 12.1. The lowest BCUT2D eigenvalue weighted by Gasteiger charge is -2.23. The number of hydrogen-bond donors (Lipinski definition) is 0. The number of methoxy groups -OCH3 is 1. The molecule has 21 heavy (non-hydrogen) atoms. The number of esters is 1. The Kier molecular flexibility index (Phi) is 6.47. The van der Waals surface area contributed by atoms with Crippen molar-refractivity contribution in [1.29, 1.82) is 0 Å². The van der Waals surface area contributed by atoms with Crippen LogP contribution in [0.25, 0.3) is 0 Å². The minimum atomic E-state index is -0.291. The molecule has 0 heterocycles. The second-order valence-electron chi connectivity index (χ2n) is 5.65. The molecule has 0 radical (unpaired) electrons. The van der Waals surface area contributed by atoms with E-state index in [1.165, 1.54) is 12.7 Å². The molecule has 0 unspecified atom stereocenters. The summed E-state index contributed by atoms with van der Waals surface area (Å²) in [5.74, 6) is 0.517. The minimum Gasteiger partial charge on any atom is -0.490 e. The molecule has 0 spiro atoms. The molecule has 1 aromatic rings. The Bertz CT molecular complexity index is 484. The van der Waals surface area contributed by atoms with E-state index in [0.717, 1.165) is 12.2 Å². The molecule has 0 aliphatic heterocycles. The number of rotatable bonds is 7. The molecule has 0 bridgehead atoms. The highest BCUT2D eigenvalue weighted by molar-refractivity contribution is 5.88. The van der Waals surface area contributed by atoms with Crippen LogP contribution in [0, 0.1) is 0 Å². The highest BCUT2D eigenvalue weighted by Gasteiger charge is 2.17. The van der Waals surface area contributed by atoms with Gasteiger partial charge in [-0.2, -0.15) is 0 Å². The molecular formula is C18H26O3. The maximum Gasteiger partial charge on any atom is 0.333 e. The van der Waals surface area contributed by atoms with E-state index < -0.39 is 0 Å². The molecule has 1 rings (SSSR count). The summed E-state index contributed by atoms with van der Waals surface area (Å²) in [5.41, 5.74) is 2.12. The van der Waals surface area contributed by atoms with Crippen LogP contribution in [0.1, 0.15) is 46.1 Å². The summed E-state index contributed by atoms with van der Waals surface area (Å²) in [5, 5.41) is 0. The second kappa shape index (κ2) is 7.87. The molecule has 3 nitrogen and oxygen atoms in total. The van der Waals surface area contributed by atoms with Gasteiger partial charge in [0.25, 0.3) is 0 Å². The molecule has 0 saturated carbocycles. The van der Waals surface area contributed by atoms with Crippen LogP contribution in [0.4, 0.5) is 0 Å². The van der Waals surface area contributed by atoms with Crippen molar-refractivity contribution in [2.24, 2.45) is 0 Å². The van der Waals surface area contributed by atoms with Crippen LogP contribution in [-0.4, -0.2) is 19.7 Å². The van der Waals surface area contributed by atoms with Gasteiger partial charge in [-0.05, 0) is 42.0 Å². The van der Waals surface area contributed by atoms with E-state index in [9.17, 15) is 4.79 Å². The predicted octanol–water partition coefficient (Wildman–Crippen LogP) is 4.26. The predicted molar refractivity (Wildman–Crippen MR) is 85.6 cm³/mol. The van der Waals surface area contributed by atoms with Crippen LogP contribution in [0.5, 0.6) is 5.75 Å². The van der Waals surface area contributed by atoms with Crippen LogP contribution in [0.3, 0.4) is 0 Å². The first kappa shape index (κ1) is 17.3. The molecule has 1 aromatic carbocycles. The highest BCUT2D eigenvalue weighted by atomic mass is 16.5. The van der Waals surface area contributed by atoms with E-state index in [1.54, 1.807) is 6.08 Å². The molecule has 0 N–H and O–H groups in total. The van der Waals surface area contributed by atoms with E-state index >= 15 is 0 Å². The fourth-order valence-corrected chi connectivity index (χ4v) is 1.95. The number of hydrogen-bond acceptors (Lipinski definition) is 3. The Labute approximate surface area is 128 Å². The Morgan fingerprint density at radius 2 is 1.81 bits per heavy atom. The number of carbonyl (C=O) groups excluding carboxylic acids is 1. The van der Waals surface area contributed by atoms with Crippen LogP contribution in [0.15, 0.2) is 35.9 Å². The number of carbonyl (C=O) groups is 1. The third-order valence-corrected chi connectivity index (χ3v) is 3.93.